The van der Waals surface area contributed by atoms with Crippen LogP contribution in [0.25, 0.3) is 0 Å². The Balaban J connectivity index is 1.51. The number of fused-ring (bicyclic) bond motifs is 1. The van der Waals surface area contributed by atoms with Crippen molar-refractivity contribution in [3.8, 4) is 5.75 Å². The molecule has 3 aromatic rings. The molecule has 0 unspecified atom stereocenters. The summed E-state index contributed by atoms with van der Waals surface area (Å²) in [5.74, 6) is 0.753. The van der Waals surface area contributed by atoms with Gasteiger partial charge in [-0.1, -0.05) is 42.5 Å². The van der Waals surface area contributed by atoms with Gasteiger partial charge in [0.05, 0.1) is 18.8 Å². The number of carbonyl (C=O) groups is 2. The predicted molar refractivity (Wildman–Crippen MR) is 136 cm³/mol. The number of amides is 1. The maximum Gasteiger partial charge on any atom is 0.341 e. The van der Waals surface area contributed by atoms with Crippen LogP contribution in [0.1, 0.15) is 64.5 Å². The van der Waals surface area contributed by atoms with E-state index in [9.17, 15) is 9.59 Å². The van der Waals surface area contributed by atoms with Crippen molar-refractivity contribution in [1.82, 2.24) is 0 Å². The lowest BCUT2D eigenvalue weighted by atomic mass is 9.83. The van der Waals surface area contributed by atoms with Crippen molar-refractivity contribution < 1.29 is 19.1 Å². The van der Waals surface area contributed by atoms with Crippen LogP contribution in [0.5, 0.6) is 5.75 Å². The van der Waals surface area contributed by atoms with Crippen LogP contribution in [-0.4, -0.2) is 25.1 Å². The highest BCUT2D eigenvalue weighted by atomic mass is 32.1. The molecule has 0 saturated carbocycles. The second kappa shape index (κ2) is 10.9. The Labute approximate surface area is 205 Å². The molecular formula is C28H31NO4S. The van der Waals surface area contributed by atoms with Crippen LogP contribution < -0.4 is 10.1 Å². The Hall–Kier alpha value is -3.12. The van der Waals surface area contributed by atoms with Crippen molar-refractivity contribution >= 4 is 28.2 Å². The molecule has 1 amide bonds. The molecule has 2 aromatic carbocycles. The molecule has 0 bridgehead atoms. The third-order valence-corrected chi connectivity index (χ3v) is 7.31. The first-order valence-corrected chi connectivity index (χ1v) is 12.6. The number of rotatable bonds is 8. The van der Waals surface area contributed by atoms with Gasteiger partial charge in [-0.25, -0.2) is 4.79 Å². The van der Waals surface area contributed by atoms with Gasteiger partial charge in [-0.2, -0.15) is 0 Å². The summed E-state index contributed by atoms with van der Waals surface area (Å²) in [5.41, 5.74) is 3.95. The van der Waals surface area contributed by atoms with E-state index in [2.05, 4.69) is 29.6 Å². The lowest BCUT2D eigenvalue weighted by Gasteiger charge is -2.23. The van der Waals surface area contributed by atoms with Crippen LogP contribution in [0.4, 0.5) is 5.00 Å². The van der Waals surface area contributed by atoms with Gasteiger partial charge in [0.1, 0.15) is 10.8 Å². The second-order valence-corrected chi connectivity index (χ2v) is 10.0. The van der Waals surface area contributed by atoms with Crippen LogP contribution in [-0.2, 0) is 28.8 Å². The van der Waals surface area contributed by atoms with Crippen LogP contribution in [0.15, 0.2) is 54.6 Å². The lowest BCUT2D eigenvalue weighted by molar-refractivity contribution is -0.116. The van der Waals surface area contributed by atoms with Crippen molar-refractivity contribution in [2.24, 2.45) is 0 Å². The fraction of sp³-hybridized carbons (Fsp3) is 0.357. The van der Waals surface area contributed by atoms with E-state index in [0.29, 0.717) is 29.3 Å². The minimum absolute atomic E-state index is 0.104. The summed E-state index contributed by atoms with van der Waals surface area (Å²) in [6.45, 7) is 3.69. The molecule has 0 spiro atoms. The fourth-order valence-electron chi connectivity index (χ4n) is 4.41. The Morgan fingerprint density at radius 2 is 1.82 bits per heavy atom. The fourth-order valence-corrected chi connectivity index (χ4v) is 5.74. The van der Waals surface area contributed by atoms with E-state index in [-0.39, 0.29) is 18.0 Å². The van der Waals surface area contributed by atoms with Crippen molar-refractivity contribution in [2.45, 2.75) is 58.0 Å². The summed E-state index contributed by atoms with van der Waals surface area (Å²) in [6, 6.07) is 18.2. The summed E-state index contributed by atoms with van der Waals surface area (Å²) in [6.07, 6.45) is 3.37. The lowest BCUT2D eigenvalue weighted by Crippen LogP contribution is -2.19. The quantitative estimate of drug-likeness (QED) is 0.394. The molecule has 1 aromatic heterocycles. The van der Waals surface area contributed by atoms with E-state index in [1.165, 1.54) is 21.8 Å². The highest BCUT2D eigenvalue weighted by Gasteiger charge is 2.31. The molecule has 1 N–H and O–H groups in total. The third kappa shape index (κ3) is 5.68. The summed E-state index contributed by atoms with van der Waals surface area (Å²) in [7, 11) is 1.63. The maximum absolute atomic E-state index is 13.0. The number of hydrogen-bond donors (Lipinski definition) is 1. The van der Waals surface area contributed by atoms with Crippen molar-refractivity contribution in [1.29, 1.82) is 0 Å². The number of benzene rings is 2. The maximum atomic E-state index is 13.0. The van der Waals surface area contributed by atoms with E-state index in [0.717, 1.165) is 36.1 Å². The standard InChI is InChI=1S/C28H31NO4S/c1-18(2)33-28(31)26-23-15-12-21(20-7-5-4-6-8-20)17-24(23)34-27(26)29-25(30)16-11-19-9-13-22(32-3)14-10-19/h4-10,13-14,18,21H,11-12,15-17H2,1-3H3,(H,29,30)/t21-/m0/s1. The van der Waals surface area contributed by atoms with Crippen LogP contribution >= 0.6 is 11.3 Å². The zero-order chi connectivity index (χ0) is 24.1. The van der Waals surface area contributed by atoms with Gasteiger partial charge in [-0.15, -0.1) is 11.3 Å². The van der Waals surface area contributed by atoms with Crippen molar-refractivity contribution in [2.75, 3.05) is 12.4 Å². The van der Waals surface area contributed by atoms with Crippen molar-refractivity contribution in [3.63, 3.8) is 0 Å². The highest BCUT2D eigenvalue weighted by molar-refractivity contribution is 7.17. The molecule has 6 heteroatoms. The average molecular weight is 478 g/mol. The first-order valence-electron chi connectivity index (χ1n) is 11.8. The van der Waals surface area contributed by atoms with E-state index in [1.807, 2.05) is 44.2 Å². The summed E-state index contributed by atoms with van der Waals surface area (Å²) < 4.78 is 10.7. The molecular weight excluding hydrogens is 446 g/mol. The number of anilines is 1. The molecule has 178 valence electrons. The number of aryl methyl sites for hydroxylation is 1. The Morgan fingerprint density at radius 1 is 1.09 bits per heavy atom. The summed E-state index contributed by atoms with van der Waals surface area (Å²) in [5, 5.41) is 3.64. The Kier molecular flexibility index (Phi) is 7.68. The molecule has 0 aliphatic heterocycles. The smallest absolute Gasteiger partial charge is 0.341 e. The normalized spacial score (nSPS) is 15.0. The SMILES string of the molecule is COc1ccc(CCC(=O)Nc2sc3c(c2C(=O)OC(C)C)CC[C@H](c2ccccc2)C3)cc1. The van der Waals surface area contributed by atoms with Gasteiger partial charge in [0.15, 0.2) is 0 Å². The first kappa shape index (κ1) is 24.0. The van der Waals surface area contributed by atoms with Crippen LogP contribution in [0, 0.1) is 0 Å². The Morgan fingerprint density at radius 3 is 2.50 bits per heavy atom. The zero-order valence-electron chi connectivity index (χ0n) is 19.9. The number of esters is 1. The number of hydrogen-bond acceptors (Lipinski definition) is 5. The molecule has 34 heavy (non-hydrogen) atoms. The molecule has 5 nitrogen and oxygen atoms in total. The molecule has 1 atom stereocenters. The number of methoxy groups -OCH3 is 1. The monoisotopic (exact) mass is 477 g/mol. The molecule has 1 aliphatic carbocycles. The second-order valence-electron chi connectivity index (χ2n) is 8.91. The molecule has 0 fully saturated rings. The van der Waals surface area contributed by atoms with Gasteiger partial charge < -0.3 is 14.8 Å². The number of carbonyl (C=O) groups excluding carboxylic acids is 2. The topological polar surface area (TPSA) is 64.6 Å². The molecule has 1 aliphatic rings. The Bertz CT molecular complexity index is 1140. The molecule has 1 heterocycles. The summed E-state index contributed by atoms with van der Waals surface area (Å²) >= 11 is 1.52. The largest absolute Gasteiger partial charge is 0.497 e. The first-order chi connectivity index (χ1) is 16.4. The zero-order valence-corrected chi connectivity index (χ0v) is 20.7. The molecule has 0 saturated heterocycles. The van der Waals surface area contributed by atoms with Gasteiger partial charge in [0, 0.05) is 11.3 Å². The number of thiophene rings is 1. The van der Waals surface area contributed by atoms with Gasteiger partial charge in [0.2, 0.25) is 5.91 Å². The van der Waals surface area contributed by atoms with Crippen LogP contribution in [0.2, 0.25) is 0 Å². The van der Waals surface area contributed by atoms with E-state index in [1.54, 1.807) is 7.11 Å². The van der Waals surface area contributed by atoms with Crippen LogP contribution in [0.3, 0.4) is 0 Å². The number of nitrogens with one attached hydrogen (secondary N) is 1. The highest BCUT2D eigenvalue weighted by Crippen LogP contribution is 2.43. The van der Waals surface area contributed by atoms with Gasteiger partial charge >= 0.3 is 5.97 Å². The van der Waals surface area contributed by atoms with E-state index >= 15 is 0 Å². The van der Waals surface area contributed by atoms with E-state index in [4.69, 9.17) is 9.47 Å². The number of ether oxygens (including phenoxy) is 2. The van der Waals surface area contributed by atoms with Gasteiger partial charge in [-0.05, 0) is 74.3 Å². The van der Waals surface area contributed by atoms with Gasteiger partial charge in [0.25, 0.3) is 0 Å². The predicted octanol–water partition coefficient (Wildman–Crippen LogP) is 6.17. The third-order valence-electron chi connectivity index (χ3n) is 6.14. The average Bonchev–Trinajstić information content (AvgIpc) is 3.20. The minimum atomic E-state index is -0.351. The van der Waals surface area contributed by atoms with Crippen molar-refractivity contribution in [3.05, 3.63) is 81.7 Å². The van der Waals surface area contributed by atoms with Gasteiger partial charge in [-0.3, -0.25) is 4.79 Å². The molecule has 0 radical (unpaired) electrons. The molecule has 4 rings (SSSR count). The summed E-state index contributed by atoms with van der Waals surface area (Å²) in [4.78, 5) is 27.0. The van der Waals surface area contributed by atoms with E-state index < -0.39 is 0 Å². The minimum Gasteiger partial charge on any atom is -0.497 e.